The zero-order valence-electron chi connectivity index (χ0n) is 14.7. The number of benzene rings is 1. The smallest absolute Gasteiger partial charge is 0.170 e. The van der Waals surface area contributed by atoms with Gasteiger partial charge in [-0.05, 0) is 55.9 Å². The maximum atomic E-state index is 10.3. The molecule has 3 atom stereocenters. The van der Waals surface area contributed by atoms with Crippen molar-refractivity contribution < 1.29 is 14.2 Å². The van der Waals surface area contributed by atoms with Crippen LogP contribution in [-0.2, 0) is 21.3 Å². The molecule has 2 fully saturated rings. The highest BCUT2D eigenvalue weighted by atomic mass is 16.7. The van der Waals surface area contributed by atoms with E-state index in [1.54, 1.807) is 7.11 Å². The van der Waals surface area contributed by atoms with Crippen LogP contribution in [0, 0.1) is 22.7 Å². The van der Waals surface area contributed by atoms with Crippen molar-refractivity contribution >= 4 is 0 Å². The van der Waals surface area contributed by atoms with Gasteiger partial charge >= 0.3 is 0 Å². The molecule has 2 aliphatic carbocycles. The van der Waals surface area contributed by atoms with Gasteiger partial charge in [0, 0.05) is 11.3 Å². The van der Waals surface area contributed by atoms with Gasteiger partial charge in [0.15, 0.2) is 5.79 Å². The normalized spacial score (nSPS) is 36.7. The Morgan fingerprint density at radius 1 is 1.21 bits per heavy atom. The van der Waals surface area contributed by atoms with Gasteiger partial charge in [0.1, 0.15) is 5.75 Å². The number of rotatable bonds is 2. The summed E-state index contributed by atoms with van der Waals surface area (Å²) in [5.74, 6) is 0.376. The zero-order valence-corrected chi connectivity index (χ0v) is 14.7. The van der Waals surface area contributed by atoms with Crippen molar-refractivity contribution in [3.05, 3.63) is 29.3 Å². The van der Waals surface area contributed by atoms with Crippen molar-refractivity contribution in [1.29, 1.82) is 5.26 Å². The lowest BCUT2D eigenvalue weighted by Crippen LogP contribution is -2.52. The first-order valence-corrected chi connectivity index (χ1v) is 8.86. The lowest BCUT2D eigenvalue weighted by atomic mass is 9.54. The summed E-state index contributed by atoms with van der Waals surface area (Å²) in [5, 5.41) is 10.3. The molecule has 0 amide bonds. The number of ether oxygens (including phenoxy) is 3. The minimum absolute atomic E-state index is 0.109. The number of hydrogen-bond donors (Lipinski definition) is 0. The van der Waals surface area contributed by atoms with E-state index in [0.29, 0.717) is 13.2 Å². The highest BCUT2D eigenvalue weighted by Crippen LogP contribution is 2.65. The summed E-state index contributed by atoms with van der Waals surface area (Å²) in [5.41, 5.74) is 2.03. The Bertz CT molecular complexity index is 703. The first-order chi connectivity index (χ1) is 11.5. The van der Waals surface area contributed by atoms with Gasteiger partial charge in [-0.2, -0.15) is 5.26 Å². The van der Waals surface area contributed by atoms with Crippen molar-refractivity contribution in [3.8, 4) is 11.8 Å². The summed E-state index contributed by atoms with van der Waals surface area (Å²) in [7, 11) is 1.70. The molecule has 1 aliphatic heterocycles. The van der Waals surface area contributed by atoms with Crippen molar-refractivity contribution in [1.82, 2.24) is 0 Å². The van der Waals surface area contributed by atoms with Crippen LogP contribution < -0.4 is 4.74 Å². The molecule has 1 heterocycles. The maximum absolute atomic E-state index is 10.3. The van der Waals surface area contributed by atoms with Crippen LogP contribution in [0.15, 0.2) is 18.2 Å². The van der Waals surface area contributed by atoms with E-state index in [-0.39, 0.29) is 11.3 Å². The van der Waals surface area contributed by atoms with E-state index < -0.39 is 11.2 Å². The first kappa shape index (κ1) is 15.9. The van der Waals surface area contributed by atoms with Gasteiger partial charge in [0.2, 0.25) is 0 Å². The monoisotopic (exact) mass is 327 g/mol. The Morgan fingerprint density at radius 3 is 2.62 bits per heavy atom. The summed E-state index contributed by atoms with van der Waals surface area (Å²) in [4.78, 5) is 0. The van der Waals surface area contributed by atoms with Crippen LogP contribution >= 0.6 is 0 Å². The molecule has 4 rings (SSSR count). The number of aryl methyl sites for hydroxylation is 1. The van der Waals surface area contributed by atoms with E-state index >= 15 is 0 Å². The molecule has 4 nitrogen and oxygen atoms in total. The molecule has 0 bridgehead atoms. The summed E-state index contributed by atoms with van der Waals surface area (Å²) in [6, 6.07) is 9.08. The van der Waals surface area contributed by atoms with Crippen molar-refractivity contribution in [2.75, 3.05) is 20.3 Å². The molecule has 0 N–H and O–H groups in total. The molecule has 4 heteroatoms. The van der Waals surface area contributed by atoms with Gasteiger partial charge in [-0.25, -0.2) is 0 Å². The molecule has 0 radical (unpaired) electrons. The third kappa shape index (κ3) is 1.86. The molecule has 0 spiro atoms. The van der Waals surface area contributed by atoms with Crippen molar-refractivity contribution in [2.45, 2.75) is 50.7 Å². The van der Waals surface area contributed by atoms with Crippen molar-refractivity contribution in [2.24, 2.45) is 11.3 Å². The minimum Gasteiger partial charge on any atom is -0.497 e. The van der Waals surface area contributed by atoms with E-state index in [1.165, 1.54) is 11.1 Å². The molecule has 1 saturated carbocycles. The third-order valence-corrected chi connectivity index (χ3v) is 6.90. The van der Waals surface area contributed by atoms with E-state index in [9.17, 15) is 5.26 Å². The molecule has 128 valence electrons. The second kappa shape index (κ2) is 5.21. The quantitative estimate of drug-likeness (QED) is 0.833. The van der Waals surface area contributed by atoms with Gasteiger partial charge in [0.05, 0.1) is 31.8 Å². The topological polar surface area (TPSA) is 51.5 Å². The van der Waals surface area contributed by atoms with Gasteiger partial charge in [-0.15, -0.1) is 0 Å². The fourth-order valence-electron chi connectivity index (χ4n) is 5.58. The largest absolute Gasteiger partial charge is 0.497 e. The lowest BCUT2D eigenvalue weighted by molar-refractivity contribution is -0.202. The SMILES string of the molecule is COc1ccc2c(c1)CCC1(C#N)C(C3(C)OCCO3)CCC21C. The predicted molar refractivity (Wildman–Crippen MR) is 89.7 cm³/mol. The molecule has 24 heavy (non-hydrogen) atoms. The number of fused-ring (bicyclic) bond motifs is 3. The molecular weight excluding hydrogens is 302 g/mol. The Balaban J connectivity index is 1.82. The van der Waals surface area contributed by atoms with Gasteiger partial charge in [-0.1, -0.05) is 13.0 Å². The van der Waals surface area contributed by atoms with Gasteiger partial charge in [-0.3, -0.25) is 0 Å². The zero-order chi connectivity index (χ0) is 17.0. The minimum atomic E-state index is -0.628. The lowest BCUT2D eigenvalue weighted by Gasteiger charge is -2.49. The fraction of sp³-hybridized carbons (Fsp3) is 0.650. The van der Waals surface area contributed by atoms with Crippen LogP contribution in [0.5, 0.6) is 5.75 Å². The summed E-state index contributed by atoms with van der Waals surface area (Å²) >= 11 is 0. The molecular formula is C20H25NO3. The standard InChI is InChI=1S/C20H25NO3/c1-18-8-7-17(19(2)23-10-11-24-19)20(18,13-21)9-6-14-12-15(22-3)4-5-16(14)18/h4-5,12,17H,6-11H2,1-3H3. The molecule has 1 aromatic rings. The summed E-state index contributed by atoms with van der Waals surface area (Å²) in [6.45, 7) is 5.54. The van der Waals surface area contributed by atoms with E-state index in [4.69, 9.17) is 14.2 Å². The van der Waals surface area contributed by atoms with Crippen molar-refractivity contribution in [3.63, 3.8) is 0 Å². The Labute approximate surface area is 143 Å². The first-order valence-electron chi connectivity index (χ1n) is 8.86. The second-order valence-corrected chi connectivity index (χ2v) is 7.74. The number of hydrogen-bond acceptors (Lipinski definition) is 4. The van der Waals surface area contributed by atoms with Crippen LogP contribution in [0.3, 0.4) is 0 Å². The molecule has 1 aromatic carbocycles. The highest BCUT2D eigenvalue weighted by molar-refractivity contribution is 5.47. The average Bonchev–Trinajstić information content (AvgIpc) is 3.16. The van der Waals surface area contributed by atoms with Crippen LogP contribution in [0.25, 0.3) is 0 Å². The Morgan fingerprint density at radius 2 is 1.96 bits per heavy atom. The summed E-state index contributed by atoms with van der Waals surface area (Å²) in [6.07, 6.45) is 3.72. The second-order valence-electron chi connectivity index (χ2n) is 7.74. The van der Waals surface area contributed by atoms with E-state index in [0.717, 1.165) is 31.4 Å². The Hall–Kier alpha value is -1.57. The van der Waals surface area contributed by atoms with Crippen LogP contribution in [0.4, 0.5) is 0 Å². The van der Waals surface area contributed by atoms with E-state index in [1.807, 2.05) is 13.0 Å². The van der Waals surface area contributed by atoms with Crippen LogP contribution in [0.2, 0.25) is 0 Å². The maximum Gasteiger partial charge on any atom is 0.170 e. The van der Waals surface area contributed by atoms with Gasteiger partial charge < -0.3 is 14.2 Å². The fourth-order valence-corrected chi connectivity index (χ4v) is 5.58. The molecule has 3 aliphatic rings. The molecule has 3 unspecified atom stereocenters. The summed E-state index contributed by atoms with van der Waals surface area (Å²) < 4.78 is 17.3. The van der Waals surface area contributed by atoms with Crippen LogP contribution in [-0.4, -0.2) is 26.1 Å². The molecule has 0 aromatic heterocycles. The predicted octanol–water partition coefficient (Wildman–Crippen LogP) is 3.58. The average molecular weight is 327 g/mol. The highest BCUT2D eigenvalue weighted by Gasteiger charge is 2.66. The van der Waals surface area contributed by atoms with Crippen LogP contribution in [0.1, 0.15) is 44.2 Å². The number of nitriles is 1. The number of nitrogens with zero attached hydrogens (tertiary/aromatic N) is 1. The molecule has 1 saturated heterocycles. The third-order valence-electron chi connectivity index (χ3n) is 6.90. The van der Waals surface area contributed by atoms with E-state index in [2.05, 4.69) is 25.1 Å². The van der Waals surface area contributed by atoms with Gasteiger partial charge in [0.25, 0.3) is 0 Å². The number of methoxy groups -OCH3 is 1. The Kier molecular flexibility index (Phi) is 3.46.